The summed E-state index contributed by atoms with van der Waals surface area (Å²) in [5.74, 6) is 0.0944. The van der Waals surface area contributed by atoms with Gasteiger partial charge in [0, 0.05) is 24.7 Å². The fourth-order valence-electron chi connectivity index (χ4n) is 2.95. The van der Waals surface area contributed by atoms with Crippen LogP contribution in [0.25, 0.3) is 11.2 Å². The second-order valence-corrected chi connectivity index (χ2v) is 7.29. The monoisotopic (exact) mass is 445 g/mol. The molecule has 2 aromatic heterocycles. The van der Waals surface area contributed by atoms with Crippen molar-refractivity contribution in [3.8, 4) is 0 Å². The predicted octanol–water partition coefficient (Wildman–Crippen LogP) is 0.563. The Morgan fingerprint density at radius 1 is 1.41 bits per heavy atom. The van der Waals surface area contributed by atoms with Crippen LogP contribution in [0.15, 0.2) is 39.0 Å². The summed E-state index contributed by atoms with van der Waals surface area (Å²) in [6.07, 6.45) is 0.288. The van der Waals surface area contributed by atoms with Crippen molar-refractivity contribution in [1.82, 2.24) is 19.1 Å². The second-order valence-electron chi connectivity index (χ2n) is 7.29. The number of H-pyrrole nitrogens is 1. The zero-order chi connectivity index (χ0) is 23.4. The molecule has 3 aromatic rings. The highest BCUT2D eigenvalue weighted by molar-refractivity contribution is 5.81. The molecule has 0 bridgehead atoms. The lowest BCUT2D eigenvalue weighted by molar-refractivity contribution is -0.384. The number of hydrogen-bond donors (Lipinski definition) is 3. The number of imidazole rings is 1. The molecule has 170 valence electrons. The average molecular weight is 445 g/mol. The third kappa shape index (κ3) is 5.07. The molecule has 32 heavy (non-hydrogen) atoms. The van der Waals surface area contributed by atoms with Gasteiger partial charge in [0.05, 0.1) is 36.5 Å². The first-order valence-electron chi connectivity index (χ1n) is 9.70. The van der Waals surface area contributed by atoms with Crippen molar-refractivity contribution < 1.29 is 14.8 Å². The lowest BCUT2D eigenvalue weighted by atomic mass is 10.2. The van der Waals surface area contributed by atoms with Crippen LogP contribution in [-0.4, -0.2) is 54.2 Å². The van der Waals surface area contributed by atoms with E-state index in [-0.39, 0.29) is 42.1 Å². The smallest absolute Gasteiger partial charge is 0.329 e. The Morgan fingerprint density at radius 2 is 2.16 bits per heavy atom. The number of aryl methyl sites for hydroxylation is 1. The number of hydrogen-bond acceptors (Lipinski definition) is 9. The first kappa shape index (κ1) is 22.8. The molecule has 1 aromatic carbocycles. The standard InChI is InChI=1S/C19H23N7O6/c1-11(2)32-10-14(27)9-25-15-16(24(3)19(29)22-17(15)28)21-18(25)23-20-8-12-5-4-6-13(7-12)26(30)31/h4-8,11,14,27H,9-10H2,1-3H3,(H,21,23)(H,22,28,29)/b20-8-/t14-/m0/s1. The first-order chi connectivity index (χ1) is 15.2. The Hall–Kier alpha value is -3.84. The van der Waals surface area contributed by atoms with Crippen LogP contribution >= 0.6 is 0 Å². The van der Waals surface area contributed by atoms with Crippen LogP contribution in [0.4, 0.5) is 11.6 Å². The molecule has 0 radical (unpaired) electrons. The number of aromatic amines is 1. The first-order valence-corrected chi connectivity index (χ1v) is 9.70. The van der Waals surface area contributed by atoms with Crippen LogP contribution in [0.2, 0.25) is 0 Å². The summed E-state index contributed by atoms with van der Waals surface area (Å²) in [4.78, 5) is 41.3. The van der Waals surface area contributed by atoms with Gasteiger partial charge in [-0.1, -0.05) is 12.1 Å². The number of nitro benzene ring substituents is 1. The van der Waals surface area contributed by atoms with E-state index in [1.807, 2.05) is 13.8 Å². The maximum atomic E-state index is 12.5. The van der Waals surface area contributed by atoms with Gasteiger partial charge in [0.25, 0.3) is 11.2 Å². The number of ether oxygens (including phenoxy) is 1. The molecule has 2 heterocycles. The van der Waals surface area contributed by atoms with Crippen molar-refractivity contribution in [2.24, 2.45) is 12.1 Å². The molecular weight excluding hydrogens is 422 g/mol. The van der Waals surface area contributed by atoms with Crippen molar-refractivity contribution in [2.75, 3.05) is 12.0 Å². The van der Waals surface area contributed by atoms with E-state index in [1.54, 1.807) is 6.07 Å². The SMILES string of the molecule is CC(C)OC[C@@H](O)Cn1c(N/N=C\c2cccc([N+](=O)[O-])c2)nc2c1c(=O)[nH]c(=O)n2C. The molecule has 0 spiro atoms. The molecule has 3 rings (SSSR count). The minimum atomic E-state index is -0.965. The number of aliphatic hydroxyl groups is 1. The van der Waals surface area contributed by atoms with Gasteiger partial charge in [0.15, 0.2) is 11.2 Å². The summed E-state index contributed by atoms with van der Waals surface area (Å²) in [7, 11) is 1.45. The lowest BCUT2D eigenvalue weighted by Crippen LogP contribution is -2.30. The van der Waals surface area contributed by atoms with Crippen LogP contribution in [0, 0.1) is 10.1 Å². The molecular formula is C19H23N7O6. The maximum absolute atomic E-state index is 12.5. The normalized spacial score (nSPS) is 12.7. The molecule has 0 saturated carbocycles. The lowest BCUT2D eigenvalue weighted by Gasteiger charge is -2.15. The van der Waals surface area contributed by atoms with Gasteiger partial charge in [-0.05, 0) is 13.8 Å². The number of nitrogens with one attached hydrogen (secondary N) is 2. The van der Waals surface area contributed by atoms with Gasteiger partial charge in [0.2, 0.25) is 5.95 Å². The molecule has 0 unspecified atom stereocenters. The van der Waals surface area contributed by atoms with E-state index in [9.17, 15) is 24.8 Å². The highest BCUT2D eigenvalue weighted by Gasteiger charge is 2.20. The zero-order valence-electron chi connectivity index (χ0n) is 17.7. The average Bonchev–Trinajstić information content (AvgIpc) is 3.09. The number of non-ortho nitro benzene ring substituents is 1. The van der Waals surface area contributed by atoms with E-state index in [0.717, 1.165) is 0 Å². The third-order valence-electron chi connectivity index (χ3n) is 4.48. The van der Waals surface area contributed by atoms with E-state index >= 15 is 0 Å². The van der Waals surface area contributed by atoms with Crippen molar-refractivity contribution in [2.45, 2.75) is 32.6 Å². The van der Waals surface area contributed by atoms with Gasteiger partial charge in [-0.2, -0.15) is 10.1 Å². The van der Waals surface area contributed by atoms with Crippen LogP contribution in [-0.2, 0) is 18.3 Å². The number of aromatic nitrogens is 4. The minimum Gasteiger partial charge on any atom is -0.389 e. The summed E-state index contributed by atoms with van der Waals surface area (Å²) in [6.45, 7) is 3.63. The van der Waals surface area contributed by atoms with E-state index in [1.165, 1.54) is 40.6 Å². The van der Waals surface area contributed by atoms with Crippen LogP contribution in [0.1, 0.15) is 19.4 Å². The van der Waals surface area contributed by atoms with Crippen molar-refractivity contribution in [3.63, 3.8) is 0 Å². The highest BCUT2D eigenvalue weighted by Crippen LogP contribution is 2.17. The summed E-state index contributed by atoms with van der Waals surface area (Å²) < 4.78 is 7.98. The van der Waals surface area contributed by atoms with Crippen molar-refractivity contribution in [1.29, 1.82) is 0 Å². The Labute approximate surface area is 181 Å². The zero-order valence-corrected chi connectivity index (χ0v) is 17.7. The molecule has 0 aliphatic heterocycles. The Balaban J connectivity index is 1.96. The molecule has 0 saturated heterocycles. The number of nitro groups is 1. The van der Waals surface area contributed by atoms with Crippen molar-refractivity contribution >= 4 is 29.0 Å². The summed E-state index contributed by atoms with van der Waals surface area (Å²) in [5.41, 5.74) is 1.92. The molecule has 3 N–H and O–H groups in total. The van der Waals surface area contributed by atoms with Crippen LogP contribution in [0.3, 0.4) is 0 Å². The Bertz CT molecular complexity index is 1270. The van der Waals surface area contributed by atoms with E-state index in [0.29, 0.717) is 5.56 Å². The number of benzene rings is 1. The Kier molecular flexibility index (Phi) is 6.80. The molecule has 0 amide bonds. The molecule has 0 aliphatic rings. The number of anilines is 1. The number of hydrazone groups is 1. The Morgan fingerprint density at radius 3 is 2.84 bits per heavy atom. The van der Waals surface area contributed by atoms with E-state index in [4.69, 9.17) is 4.74 Å². The predicted molar refractivity (Wildman–Crippen MR) is 117 cm³/mol. The van der Waals surface area contributed by atoms with E-state index < -0.39 is 22.3 Å². The quantitative estimate of drug-likeness (QED) is 0.244. The van der Waals surface area contributed by atoms with E-state index in [2.05, 4.69) is 20.5 Å². The van der Waals surface area contributed by atoms with Gasteiger partial charge in [-0.15, -0.1) is 0 Å². The van der Waals surface area contributed by atoms with Gasteiger partial charge >= 0.3 is 5.69 Å². The summed E-state index contributed by atoms with van der Waals surface area (Å²) in [5, 5.41) is 25.3. The molecule has 13 heteroatoms. The molecule has 13 nitrogen and oxygen atoms in total. The number of fused-ring (bicyclic) bond motifs is 1. The van der Waals surface area contributed by atoms with Crippen LogP contribution < -0.4 is 16.7 Å². The summed E-state index contributed by atoms with van der Waals surface area (Å²) >= 11 is 0. The largest absolute Gasteiger partial charge is 0.389 e. The van der Waals surface area contributed by atoms with Gasteiger partial charge in [0.1, 0.15) is 0 Å². The van der Waals surface area contributed by atoms with Gasteiger partial charge in [-0.25, -0.2) is 10.2 Å². The number of nitrogens with zero attached hydrogens (tertiary/aromatic N) is 5. The topological polar surface area (TPSA) is 170 Å². The third-order valence-corrected chi connectivity index (χ3v) is 4.48. The number of rotatable bonds is 9. The number of aliphatic hydroxyl groups excluding tert-OH is 1. The van der Waals surface area contributed by atoms with Crippen molar-refractivity contribution in [3.05, 3.63) is 60.8 Å². The second kappa shape index (κ2) is 9.53. The van der Waals surface area contributed by atoms with Crippen LogP contribution in [0.5, 0.6) is 0 Å². The van der Waals surface area contributed by atoms with Gasteiger partial charge < -0.3 is 14.4 Å². The molecule has 0 aliphatic carbocycles. The molecule has 0 fully saturated rings. The van der Waals surface area contributed by atoms with Gasteiger partial charge in [-0.3, -0.25) is 24.5 Å². The summed E-state index contributed by atoms with van der Waals surface area (Å²) in [6, 6.07) is 5.85. The minimum absolute atomic E-state index is 0.0252. The highest BCUT2D eigenvalue weighted by atomic mass is 16.6. The molecule has 1 atom stereocenters. The maximum Gasteiger partial charge on any atom is 0.329 e. The fraction of sp³-hybridized carbons (Fsp3) is 0.368. The fourth-order valence-corrected chi connectivity index (χ4v) is 2.95.